The molecule has 0 aliphatic carbocycles. The molecule has 1 aromatic carbocycles. The Morgan fingerprint density at radius 1 is 1.03 bits per heavy atom. The lowest BCUT2D eigenvalue weighted by Gasteiger charge is -2.31. The third-order valence-corrected chi connectivity index (χ3v) is 4.71. The van der Waals surface area contributed by atoms with Gasteiger partial charge in [-0.1, -0.05) is 33.8 Å². The number of ether oxygens (including phenoxy) is 2. The molecule has 5 nitrogen and oxygen atoms in total. The van der Waals surface area contributed by atoms with E-state index in [0.717, 1.165) is 11.1 Å². The molecule has 0 aromatic heterocycles. The molecule has 29 heavy (non-hydrogen) atoms. The molecule has 0 heterocycles. The topological polar surface area (TPSA) is 64.6 Å². The molecule has 1 rings (SSSR count). The van der Waals surface area contributed by atoms with Crippen molar-refractivity contribution in [2.24, 2.45) is 11.8 Å². The summed E-state index contributed by atoms with van der Waals surface area (Å²) in [4.78, 5) is 25.0. The van der Waals surface area contributed by atoms with Crippen LogP contribution in [0.1, 0.15) is 72.4 Å². The van der Waals surface area contributed by atoms with Crippen molar-refractivity contribution in [3.63, 3.8) is 0 Å². The van der Waals surface area contributed by atoms with Gasteiger partial charge < -0.3 is 14.8 Å². The molecule has 0 bridgehead atoms. The van der Waals surface area contributed by atoms with E-state index in [1.165, 1.54) is 12.1 Å². The van der Waals surface area contributed by atoms with E-state index in [1.807, 2.05) is 41.5 Å². The van der Waals surface area contributed by atoms with Crippen LogP contribution in [0.15, 0.2) is 18.2 Å². The molecular formula is C23H36FNO4. The van der Waals surface area contributed by atoms with Crippen molar-refractivity contribution in [2.45, 2.75) is 86.0 Å². The first-order valence-corrected chi connectivity index (χ1v) is 10.2. The standard InChI is InChI=1S/C23H36FNO4/c1-13(2)19(18-11-10-17(24)12-15(18)5)16(6)28-21(26)20(14(3)4)25-22(27)29-23(7,8)9/h10-14,16,19-20H,1-9H3,(H,25,27)/t16-,19+,20-/m0/s1. The molecule has 6 heteroatoms. The first kappa shape index (κ1) is 24.9. The average molecular weight is 410 g/mol. The molecule has 0 radical (unpaired) electrons. The van der Waals surface area contributed by atoms with Crippen LogP contribution in [0.2, 0.25) is 0 Å². The highest BCUT2D eigenvalue weighted by molar-refractivity contribution is 5.81. The fourth-order valence-electron chi connectivity index (χ4n) is 3.43. The van der Waals surface area contributed by atoms with E-state index in [4.69, 9.17) is 9.47 Å². The van der Waals surface area contributed by atoms with Crippen LogP contribution < -0.4 is 5.32 Å². The lowest BCUT2D eigenvalue weighted by molar-refractivity contribution is -0.153. The number of esters is 1. The van der Waals surface area contributed by atoms with Crippen LogP contribution >= 0.6 is 0 Å². The first-order chi connectivity index (χ1) is 13.2. The summed E-state index contributed by atoms with van der Waals surface area (Å²) < 4.78 is 24.5. The Morgan fingerprint density at radius 2 is 1.62 bits per heavy atom. The van der Waals surface area contributed by atoms with Gasteiger partial charge in [0.1, 0.15) is 23.6 Å². The summed E-state index contributed by atoms with van der Waals surface area (Å²) in [5, 5.41) is 2.62. The number of hydrogen-bond donors (Lipinski definition) is 1. The highest BCUT2D eigenvalue weighted by atomic mass is 19.1. The van der Waals surface area contributed by atoms with Gasteiger partial charge in [0.05, 0.1) is 0 Å². The second-order valence-electron chi connectivity index (χ2n) is 9.28. The predicted octanol–water partition coefficient (Wildman–Crippen LogP) is 5.35. The largest absolute Gasteiger partial charge is 0.460 e. The normalized spacial score (nSPS) is 15.0. The monoisotopic (exact) mass is 409 g/mol. The minimum absolute atomic E-state index is 0.103. The lowest BCUT2D eigenvalue weighted by Crippen LogP contribution is -2.48. The van der Waals surface area contributed by atoms with E-state index >= 15 is 0 Å². The van der Waals surface area contributed by atoms with Crippen LogP contribution in [0.25, 0.3) is 0 Å². The van der Waals surface area contributed by atoms with E-state index < -0.39 is 29.8 Å². The van der Waals surface area contributed by atoms with Crippen molar-refractivity contribution in [2.75, 3.05) is 0 Å². The number of carbonyl (C=O) groups excluding carboxylic acids is 2. The third-order valence-electron chi connectivity index (χ3n) is 4.71. The van der Waals surface area contributed by atoms with Gasteiger partial charge in [-0.3, -0.25) is 0 Å². The summed E-state index contributed by atoms with van der Waals surface area (Å²) >= 11 is 0. The van der Waals surface area contributed by atoms with Gasteiger partial charge in [0, 0.05) is 5.92 Å². The highest BCUT2D eigenvalue weighted by Gasteiger charge is 2.33. The summed E-state index contributed by atoms with van der Waals surface area (Å²) in [7, 11) is 0. The van der Waals surface area contributed by atoms with Crippen molar-refractivity contribution in [3.8, 4) is 0 Å². The summed E-state index contributed by atoms with van der Waals surface area (Å²) in [5.41, 5.74) is 1.10. The summed E-state index contributed by atoms with van der Waals surface area (Å²) in [6.07, 6.45) is -1.11. The Kier molecular flexibility index (Phi) is 8.66. The Morgan fingerprint density at radius 3 is 2.07 bits per heavy atom. The predicted molar refractivity (Wildman–Crippen MR) is 112 cm³/mol. The molecule has 164 valence electrons. The number of benzene rings is 1. The number of rotatable bonds is 7. The molecule has 0 saturated heterocycles. The zero-order valence-electron chi connectivity index (χ0n) is 19.1. The van der Waals surface area contributed by atoms with Crippen LogP contribution in [0, 0.1) is 24.6 Å². The fourth-order valence-corrected chi connectivity index (χ4v) is 3.43. The number of carbonyl (C=O) groups is 2. The Hall–Kier alpha value is -2.11. The summed E-state index contributed by atoms with van der Waals surface area (Å²) in [5.74, 6) is -0.914. The maximum atomic E-state index is 13.5. The molecule has 0 unspecified atom stereocenters. The SMILES string of the molecule is Cc1cc(F)ccc1[C@H](C(C)C)[C@H](C)OC(=O)[C@@H](NC(=O)OC(C)(C)C)C(C)C. The average Bonchev–Trinajstić information content (AvgIpc) is 2.52. The summed E-state index contributed by atoms with van der Waals surface area (Å²) in [6.45, 7) is 16.7. The number of nitrogens with one attached hydrogen (secondary N) is 1. The van der Waals surface area contributed by atoms with Crippen molar-refractivity contribution >= 4 is 12.1 Å². The highest BCUT2D eigenvalue weighted by Crippen LogP contribution is 2.32. The van der Waals surface area contributed by atoms with Gasteiger partial charge in [0.25, 0.3) is 0 Å². The van der Waals surface area contributed by atoms with Gasteiger partial charge in [0.15, 0.2) is 0 Å². The van der Waals surface area contributed by atoms with Crippen LogP contribution in [0.4, 0.5) is 9.18 Å². The van der Waals surface area contributed by atoms with E-state index in [2.05, 4.69) is 5.32 Å². The molecule has 1 amide bonds. The molecule has 0 aliphatic rings. The van der Waals surface area contributed by atoms with Crippen molar-refractivity contribution in [3.05, 3.63) is 35.1 Å². The second-order valence-corrected chi connectivity index (χ2v) is 9.28. The van der Waals surface area contributed by atoms with Crippen molar-refractivity contribution in [1.82, 2.24) is 5.32 Å². The van der Waals surface area contributed by atoms with E-state index in [0.29, 0.717) is 0 Å². The fraction of sp³-hybridized carbons (Fsp3) is 0.652. The molecule has 1 N–H and O–H groups in total. The molecule has 0 fully saturated rings. The van der Waals surface area contributed by atoms with Gasteiger partial charge in [-0.2, -0.15) is 0 Å². The molecular weight excluding hydrogens is 373 g/mol. The number of halogens is 1. The Balaban J connectivity index is 2.97. The molecule has 0 saturated carbocycles. The molecule has 1 aromatic rings. The second kappa shape index (κ2) is 10.1. The van der Waals surface area contributed by atoms with Gasteiger partial charge in [0.2, 0.25) is 0 Å². The maximum Gasteiger partial charge on any atom is 0.408 e. The minimum atomic E-state index is -0.825. The zero-order valence-corrected chi connectivity index (χ0v) is 19.1. The van der Waals surface area contributed by atoms with Crippen LogP contribution in [0.5, 0.6) is 0 Å². The molecule has 0 spiro atoms. The molecule has 3 atom stereocenters. The van der Waals surface area contributed by atoms with Crippen molar-refractivity contribution in [1.29, 1.82) is 0 Å². The van der Waals surface area contributed by atoms with Gasteiger partial charge in [-0.15, -0.1) is 0 Å². The van der Waals surface area contributed by atoms with Crippen LogP contribution in [-0.4, -0.2) is 29.8 Å². The first-order valence-electron chi connectivity index (χ1n) is 10.2. The Bertz CT molecular complexity index is 709. The van der Waals surface area contributed by atoms with Gasteiger partial charge in [-0.25, -0.2) is 14.0 Å². The number of alkyl carbamates (subject to hydrolysis) is 1. The lowest BCUT2D eigenvalue weighted by atomic mass is 9.82. The quantitative estimate of drug-likeness (QED) is 0.616. The van der Waals surface area contributed by atoms with Crippen molar-refractivity contribution < 1.29 is 23.5 Å². The van der Waals surface area contributed by atoms with Crippen LogP contribution in [0.3, 0.4) is 0 Å². The number of amides is 1. The third kappa shape index (κ3) is 7.67. The Labute approximate surface area is 174 Å². The maximum absolute atomic E-state index is 13.5. The van der Waals surface area contributed by atoms with Gasteiger partial charge in [-0.05, 0) is 69.7 Å². The smallest absolute Gasteiger partial charge is 0.408 e. The van der Waals surface area contributed by atoms with Gasteiger partial charge >= 0.3 is 12.1 Å². The van der Waals surface area contributed by atoms with E-state index in [-0.39, 0.29) is 23.6 Å². The molecule has 0 aliphatic heterocycles. The minimum Gasteiger partial charge on any atom is -0.460 e. The number of hydrogen-bond acceptors (Lipinski definition) is 4. The summed E-state index contributed by atoms with van der Waals surface area (Å²) in [6, 6.07) is 3.83. The van der Waals surface area contributed by atoms with Crippen LogP contribution in [-0.2, 0) is 14.3 Å². The van der Waals surface area contributed by atoms with E-state index in [9.17, 15) is 14.0 Å². The zero-order chi connectivity index (χ0) is 22.5. The van der Waals surface area contributed by atoms with E-state index in [1.54, 1.807) is 26.8 Å². The number of aryl methyl sites for hydroxylation is 1.